The Bertz CT molecular complexity index is 3900. The summed E-state index contributed by atoms with van der Waals surface area (Å²) < 4.78 is 0. The molecule has 0 amide bonds. The van der Waals surface area contributed by atoms with Crippen LogP contribution >= 0.6 is 0 Å². The van der Waals surface area contributed by atoms with Gasteiger partial charge in [-0.15, -0.1) is 0 Å². The second-order valence-corrected chi connectivity index (χ2v) is 16.6. The molecule has 306 valence electrons. The predicted molar refractivity (Wildman–Crippen MR) is 273 cm³/mol. The molecule has 12 rings (SSSR count). The Labute approximate surface area is 382 Å². The molecule has 4 nitrogen and oxygen atoms in total. The van der Waals surface area contributed by atoms with Crippen LogP contribution in [0.15, 0.2) is 231 Å². The Morgan fingerprint density at radius 3 is 1.45 bits per heavy atom. The fraction of sp³-hybridized carbons (Fsp3) is 0. The molecule has 0 bridgehead atoms. The van der Waals surface area contributed by atoms with Crippen molar-refractivity contribution in [3.05, 3.63) is 236 Å². The minimum absolute atomic E-state index is 0.564. The van der Waals surface area contributed by atoms with Crippen molar-refractivity contribution < 1.29 is 0 Å². The maximum absolute atomic E-state index is 10.8. The molecule has 0 saturated carbocycles. The number of benzene rings is 11. The van der Waals surface area contributed by atoms with Gasteiger partial charge < -0.3 is 0 Å². The van der Waals surface area contributed by atoms with E-state index in [0.29, 0.717) is 23.0 Å². The Kier molecular flexibility index (Phi) is 9.51. The lowest BCUT2D eigenvalue weighted by Crippen LogP contribution is -2.00. The van der Waals surface area contributed by atoms with Gasteiger partial charge in [0.15, 0.2) is 17.5 Å². The molecule has 0 spiro atoms. The summed E-state index contributed by atoms with van der Waals surface area (Å²) in [5.74, 6) is 1.76. The fourth-order valence-corrected chi connectivity index (χ4v) is 9.58. The highest BCUT2D eigenvalue weighted by Gasteiger charge is 2.20. The van der Waals surface area contributed by atoms with Gasteiger partial charge in [-0.25, -0.2) is 15.0 Å². The van der Waals surface area contributed by atoms with Crippen molar-refractivity contribution in [3.8, 4) is 84.7 Å². The number of rotatable bonds is 7. The molecule has 0 N–H and O–H groups in total. The Morgan fingerprint density at radius 2 is 0.727 bits per heavy atom. The summed E-state index contributed by atoms with van der Waals surface area (Å²) in [6.45, 7) is 0. The second kappa shape index (κ2) is 16.3. The summed E-state index contributed by atoms with van der Waals surface area (Å²) >= 11 is 0. The minimum Gasteiger partial charge on any atom is -0.208 e. The largest absolute Gasteiger partial charge is 0.208 e. The molecule has 0 aliphatic heterocycles. The zero-order chi connectivity index (χ0) is 44.0. The Morgan fingerprint density at radius 1 is 0.273 bits per heavy atom. The lowest BCUT2D eigenvalue weighted by molar-refractivity contribution is 1.07. The van der Waals surface area contributed by atoms with Gasteiger partial charge in [0, 0.05) is 22.3 Å². The highest BCUT2D eigenvalue weighted by molar-refractivity contribution is 6.10. The van der Waals surface area contributed by atoms with E-state index in [1.54, 1.807) is 0 Å². The first-order valence-corrected chi connectivity index (χ1v) is 22.1. The third-order valence-corrected chi connectivity index (χ3v) is 12.8. The lowest BCUT2D eigenvalue weighted by Gasteiger charge is -2.19. The van der Waals surface area contributed by atoms with Crippen LogP contribution in [0.2, 0.25) is 0 Å². The summed E-state index contributed by atoms with van der Waals surface area (Å²) in [6, 6.07) is 83.0. The van der Waals surface area contributed by atoms with Crippen LogP contribution in [0.5, 0.6) is 0 Å². The van der Waals surface area contributed by atoms with E-state index in [2.05, 4.69) is 188 Å². The monoisotopic (exact) mass is 838 g/mol. The molecule has 0 atom stereocenters. The minimum atomic E-state index is 0.564. The van der Waals surface area contributed by atoms with Gasteiger partial charge in [-0.1, -0.05) is 206 Å². The van der Waals surface area contributed by atoms with Crippen LogP contribution in [-0.4, -0.2) is 15.0 Å². The quantitative estimate of drug-likeness (QED) is 0.150. The molecule has 0 unspecified atom stereocenters. The average Bonchev–Trinajstić information content (AvgIpc) is 3.40. The van der Waals surface area contributed by atoms with Gasteiger partial charge in [-0.05, 0) is 106 Å². The number of hydrogen-bond donors (Lipinski definition) is 0. The molecule has 0 fully saturated rings. The third kappa shape index (κ3) is 6.84. The summed E-state index contributed by atoms with van der Waals surface area (Å²) in [6.07, 6.45) is 0. The lowest BCUT2D eigenvalue weighted by atomic mass is 9.84. The first-order valence-electron chi connectivity index (χ1n) is 22.1. The topological polar surface area (TPSA) is 62.5 Å². The van der Waals surface area contributed by atoms with Crippen LogP contribution in [0.1, 0.15) is 5.56 Å². The van der Waals surface area contributed by atoms with Gasteiger partial charge in [0.1, 0.15) is 0 Å². The number of nitriles is 1. The zero-order valence-electron chi connectivity index (χ0n) is 35.7. The normalized spacial score (nSPS) is 11.3. The van der Waals surface area contributed by atoms with E-state index in [1.807, 2.05) is 48.5 Å². The molecular weight excluding hydrogens is 801 g/mol. The van der Waals surface area contributed by atoms with Crippen LogP contribution in [0, 0.1) is 11.3 Å². The van der Waals surface area contributed by atoms with Crippen molar-refractivity contribution in [2.75, 3.05) is 0 Å². The maximum atomic E-state index is 10.8. The highest BCUT2D eigenvalue weighted by Crippen LogP contribution is 2.44. The van der Waals surface area contributed by atoms with E-state index in [1.165, 1.54) is 32.3 Å². The molecule has 0 aliphatic carbocycles. The van der Waals surface area contributed by atoms with Gasteiger partial charge in [0.2, 0.25) is 0 Å². The maximum Gasteiger partial charge on any atom is 0.164 e. The van der Waals surface area contributed by atoms with Crippen molar-refractivity contribution in [2.45, 2.75) is 0 Å². The summed E-state index contributed by atoms with van der Waals surface area (Å²) in [7, 11) is 0. The highest BCUT2D eigenvalue weighted by atomic mass is 15.0. The predicted octanol–water partition coefficient (Wildman–Crippen LogP) is 16.0. The summed E-state index contributed by atoms with van der Waals surface area (Å²) in [4.78, 5) is 15.4. The van der Waals surface area contributed by atoms with Gasteiger partial charge in [0.05, 0.1) is 11.6 Å². The average molecular weight is 839 g/mol. The molecule has 12 aromatic rings. The van der Waals surface area contributed by atoms with Gasteiger partial charge in [-0.3, -0.25) is 0 Å². The molecule has 0 aliphatic rings. The van der Waals surface area contributed by atoms with E-state index >= 15 is 0 Å². The van der Waals surface area contributed by atoms with Crippen LogP contribution < -0.4 is 0 Å². The molecule has 1 heterocycles. The first-order chi connectivity index (χ1) is 32.7. The molecule has 11 aromatic carbocycles. The summed E-state index contributed by atoms with van der Waals surface area (Å²) in [5.41, 5.74) is 11.4. The zero-order valence-corrected chi connectivity index (χ0v) is 35.7. The van der Waals surface area contributed by atoms with E-state index < -0.39 is 0 Å². The van der Waals surface area contributed by atoms with E-state index in [4.69, 9.17) is 15.0 Å². The van der Waals surface area contributed by atoms with Crippen LogP contribution in [0.3, 0.4) is 0 Å². The number of nitrogens with zero attached hydrogens (tertiary/aromatic N) is 4. The van der Waals surface area contributed by atoms with Crippen LogP contribution in [0.4, 0.5) is 0 Å². The van der Waals surface area contributed by atoms with Gasteiger partial charge in [0.25, 0.3) is 0 Å². The Balaban J connectivity index is 0.990. The third-order valence-electron chi connectivity index (χ3n) is 12.8. The molecule has 66 heavy (non-hydrogen) atoms. The second-order valence-electron chi connectivity index (χ2n) is 16.6. The van der Waals surface area contributed by atoms with Crippen LogP contribution in [0.25, 0.3) is 122 Å². The van der Waals surface area contributed by atoms with Crippen molar-refractivity contribution in [2.24, 2.45) is 0 Å². The van der Waals surface area contributed by atoms with E-state index in [9.17, 15) is 5.26 Å². The molecule has 0 radical (unpaired) electrons. The first kappa shape index (κ1) is 38.6. The Hall–Kier alpha value is -9.04. The number of aromatic nitrogens is 3. The SMILES string of the molecule is N#Cc1cccc(-c2cccc(-c3nc(-c4ccccc4)nc(-c4ccc5ccc6ccccc6c5c4)n3)c2)c1-c1ccccc1-c1ccccc1-c1ccc2c(ccc3ccccc32)c1. The fourth-order valence-electron chi connectivity index (χ4n) is 9.58. The van der Waals surface area contributed by atoms with Crippen LogP contribution in [-0.2, 0) is 0 Å². The molecular formula is C62H38N4. The van der Waals surface area contributed by atoms with E-state index in [-0.39, 0.29) is 0 Å². The number of fused-ring (bicyclic) bond motifs is 6. The smallest absolute Gasteiger partial charge is 0.164 e. The van der Waals surface area contributed by atoms with Gasteiger partial charge >= 0.3 is 0 Å². The standard InChI is InChI=1S/C62H38N4/c63-39-49-20-13-27-54(59(49)57-26-11-10-25-56(57)55-24-9-8-23-52(55)46-34-35-53-45(36-46)32-30-40-14-4-6-21-50(40)53)44-18-12-19-47(37-44)61-64-60(43-16-2-1-3-17-43)65-62(66-61)48-33-31-42-29-28-41-15-5-7-22-51(41)58(42)38-48/h1-38H. The summed E-state index contributed by atoms with van der Waals surface area (Å²) in [5, 5.41) is 20.4. The van der Waals surface area contributed by atoms with Crippen molar-refractivity contribution in [1.29, 1.82) is 5.26 Å². The van der Waals surface area contributed by atoms with Crippen molar-refractivity contribution in [1.82, 2.24) is 15.0 Å². The van der Waals surface area contributed by atoms with Crippen molar-refractivity contribution in [3.63, 3.8) is 0 Å². The van der Waals surface area contributed by atoms with Crippen molar-refractivity contribution >= 4 is 43.1 Å². The molecule has 1 aromatic heterocycles. The molecule has 0 saturated heterocycles. The number of hydrogen-bond acceptors (Lipinski definition) is 4. The van der Waals surface area contributed by atoms with Gasteiger partial charge in [-0.2, -0.15) is 5.26 Å². The van der Waals surface area contributed by atoms with E-state index in [0.717, 1.165) is 72.0 Å². The molecule has 4 heteroatoms.